The molecule has 0 spiro atoms. The van der Waals surface area contributed by atoms with Gasteiger partial charge < -0.3 is 5.32 Å². The van der Waals surface area contributed by atoms with Gasteiger partial charge in [-0.2, -0.15) is 0 Å². The van der Waals surface area contributed by atoms with Gasteiger partial charge in [0, 0.05) is 22.5 Å². The summed E-state index contributed by atoms with van der Waals surface area (Å²) in [6.07, 6.45) is 1.34. The van der Waals surface area contributed by atoms with E-state index in [1.165, 1.54) is 24.5 Å². The summed E-state index contributed by atoms with van der Waals surface area (Å²) in [5.41, 5.74) is 0.357. The standard InChI is InChI=1S/C14H14BrFN6O4S/c1-7(27(2,17)24)6-18-12-11(19-26-20-12)13-21-25-14(23)22(13)8-3-4-10(16)9(15)5-8/h3-5,7,17H,6H2,1-2H3,(H,18,20). The van der Waals surface area contributed by atoms with Gasteiger partial charge in [-0.1, -0.05) is 5.16 Å². The van der Waals surface area contributed by atoms with Crippen LogP contribution < -0.4 is 11.1 Å². The Kier molecular flexibility index (Phi) is 5.15. The normalized spacial score (nSPS) is 14.7. The van der Waals surface area contributed by atoms with Gasteiger partial charge in [-0.3, -0.25) is 9.30 Å². The van der Waals surface area contributed by atoms with Crippen molar-refractivity contribution in [2.45, 2.75) is 12.2 Å². The van der Waals surface area contributed by atoms with E-state index in [1.807, 2.05) is 0 Å². The van der Waals surface area contributed by atoms with E-state index < -0.39 is 26.6 Å². The molecule has 1 aromatic carbocycles. The van der Waals surface area contributed by atoms with Crippen LogP contribution in [0.4, 0.5) is 10.2 Å². The lowest BCUT2D eigenvalue weighted by Gasteiger charge is -2.12. The van der Waals surface area contributed by atoms with Crippen LogP contribution >= 0.6 is 15.9 Å². The van der Waals surface area contributed by atoms with Crippen LogP contribution in [0.2, 0.25) is 0 Å². The molecular formula is C14H14BrFN6O4S. The third-order valence-electron chi connectivity index (χ3n) is 3.79. The molecule has 144 valence electrons. The molecule has 0 fully saturated rings. The predicted molar refractivity (Wildman–Crippen MR) is 97.8 cm³/mol. The van der Waals surface area contributed by atoms with Gasteiger partial charge in [0.25, 0.3) is 0 Å². The molecule has 0 aliphatic rings. The van der Waals surface area contributed by atoms with Crippen LogP contribution in [0.25, 0.3) is 17.2 Å². The Morgan fingerprint density at radius 3 is 2.81 bits per heavy atom. The van der Waals surface area contributed by atoms with E-state index in [9.17, 15) is 13.4 Å². The van der Waals surface area contributed by atoms with Crippen molar-refractivity contribution < 1.29 is 17.8 Å². The molecule has 13 heteroatoms. The Morgan fingerprint density at radius 1 is 1.41 bits per heavy atom. The number of benzene rings is 1. The van der Waals surface area contributed by atoms with Crippen molar-refractivity contribution in [2.75, 3.05) is 18.1 Å². The summed E-state index contributed by atoms with van der Waals surface area (Å²) in [5.74, 6) is -1.19. The molecule has 3 rings (SSSR count). The minimum Gasteiger partial charge on any atom is -0.364 e. The first-order chi connectivity index (χ1) is 12.7. The Balaban J connectivity index is 1.99. The molecule has 0 bridgehead atoms. The number of rotatable bonds is 6. The first-order valence-corrected chi connectivity index (χ1v) is 10.3. The predicted octanol–water partition coefficient (Wildman–Crippen LogP) is 2.25. The third kappa shape index (κ3) is 3.93. The van der Waals surface area contributed by atoms with Crippen molar-refractivity contribution in [3.63, 3.8) is 0 Å². The Hall–Kier alpha value is -2.54. The van der Waals surface area contributed by atoms with Crippen LogP contribution in [0, 0.1) is 10.6 Å². The summed E-state index contributed by atoms with van der Waals surface area (Å²) in [6.45, 7) is 1.81. The van der Waals surface area contributed by atoms with Gasteiger partial charge in [-0.25, -0.2) is 22.6 Å². The second-order valence-corrected chi connectivity index (χ2v) is 9.23. The smallest absolute Gasteiger partial charge is 0.364 e. The van der Waals surface area contributed by atoms with E-state index in [2.05, 4.69) is 36.7 Å². The maximum absolute atomic E-state index is 13.5. The zero-order chi connectivity index (χ0) is 19.8. The van der Waals surface area contributed by atoms with Crippen molar-refractivity contribution in [3.8, 4) is 17.2 Å². The summed E-state index contributed by atoms with van der Waals surface area (Å²) < 4.78 is 43.5. The van der Waals surface area contributed by atoms with Crippen LogP contribution in [0.1, 0.15) is 6.92 Å². The molecule has 2 heterocycles. The highest BCUT2D eigenvalue weighted by Gasteiger charge is 2.24. The third-order valence-corrected chi connectivity index (χ3v) is 6.10. The fourth-order valence-electron chi connectivity index (χ4n) is 2.10. The van der Waals surface area contributed by atoms with Crippen LogP contribution in [0.5, 0.6) is 0 Å². The molecule has 2 aromatic heterocycles. The van der Waals surface area contributed by atoms with E-state index in [1.54, 1.807) is 6.92 Å². The fraction of sp³-hybridized carbons (Fsp3) is 0.286. The van der Waals surface area contributed by atoms with E-state index in [4.69, 9.17) is 13.9 Å². The topological polar surface area (TPSA) is 140 Å². The second kappa shape index (κ2) is 7.23. The molecule has 0 saturated carbocycles. The second-order valence-electron chi connectivity index (χ2n) is 5.76. The lowest BCUT2D eigenvalue weighted by Crippen LogP contribution is -2.24. The molecule has 0 saturated heterocycles. The Labute approximate surface area is 160 Å². The quantitative estimate of drug-likeness (QED) is 0.570. The van der Waals surface area contributed by atoms with E-state index >= 15 is 0 Å². The number of nitrogens with zero attached hydrogens (tertiary/aromatic N) is 4. The molecular weight excluding hydrogens is 447 g/mol. The van der Waals surface area contributed by atoms with Gasteiger partial charge in [0.15, 0.2) is 5.69 Å². The monoisotopic (exact) mass is 460 g/mol. The Bertz CT molecular complexity index is 1140. The molecule has 10 nitrogen and oxygen atoms in total. The first kappa shape index (κ1) is 19.2. The van der Waals surface area contributed by atoms with E-state index in [-0.39, 0.29) is 34.0 Å². The molecule has 3 aromatic rings. The minimum absolute atomic E-state index is 0.0157. The number of hydrogen-bond donors (Lipinski definition) is 2. The van der Waals surface area contributed by atoms with E-state index in [0.29, 0.717) is 0 Å². The van der Waals surface area contributed by atoms with Crippen molar-refractivity contribution >= 4 is 31.5 Å². The molecule has 2 N–H and O–H groups in total. The number of nitrogens with one attached hydrogen (secondary N) is 2. The number of halogens is 2. The van der Waals surface area contributed by atoms with Crippen molar-refractivity contribution in [2.24, 2.45) is 0 Å². The highest BCUT2D eigenvalue weighted by Crippen LogP contribution is 2.26. The number of hydrogen-bond acceptors (Lipinski definition) is 9. The van der Waals surface area contributed by atoms with Crippen LogP contribution in [-0.4, -0.2) is 42.3 Å². The van der Waals surface area contributed by atoms with Crippen LogP contribution in [0.3, 0.4) is 0 Å². The molecule has 0 radical (unpaired) electrons. The Morgan fingerprint density at radius 2 is 2.15 bits per heavy atom. The fourth-order valence-corrected chi connectivity index (χ4v) is 2.87. The molecule has 0 aliphatic carbocycles. The summed E-state index contributed by atoms with van der Waals surface area (Å²) >= 11 is 3.06. The number of aromatic nitrogens is 4. The SMILES string of the molecule is CC(CNc1nonc1-c1noc(=O)n1-c1ccc(F)c(Br)c1)S(C)(=N)=O. The van der Waals surface area contributed by atoms with Gasteiger partial charge in [-0.15, -0.1) is 0 Å². The van der Waals surface area contributed by atoms with Crippen molar-refractivity contribution in [3.05, 3.63) is 39.0 Å². The lowest BCUT2D eigenvalue weighted by molar-refractivity contribution is 0.309. The zero-order valence-electron chi connectivity index (χ0n) is 14.1. The largest absolute Gasteiger partial charge is 0.446 e. The molecule has 0 aliphatic heterocycles. The van der Waals surface area contributed by atoms with Gasteiger partial charge in [0.1, 0.15) is 5.82 Å². The zero-order valence-corrected chi connectivity index (χ0v) is 16.5. The summed E-state index contributed by atoms with van der Waals surface area (Å²) in [4.78, 5) is 12.1. The first-order valence-electron chi connectivity index (χ1n) is 7.52. The van der Waals surface area contributed by atoms with Gasteiger partial charge in [0.05, 0.1) is 15.4 Å². The lowest BCUT2D eigenvalue weighted by atomic mass is 10.3. The van der Waals surface area contributed by atoms with Gasteiger partial charge >= 0.3 is 5.76 Å². The van der Waals surface area contributed by atoms with E-state index in [0.717, 1.165) is 4.57 Å². The highest BCUT2D eigenvalue weighted by molar-refractivity contribution is 9.10. The van der Waals surface area contributed by atoms with Crippen molar-refractivity contribution in [1.29, 1.82) is 4.78 Å². The molecule has 27 heavy (non-hydrogen) atoms. The molecule has 0 amide bonds. The molecule has 2 atom stereocenters. The summed E-state index contributed by atoms with van der Waals surface area (Å²) in [6, 6.07) is 3.93. The van der Waals surface area contributed by atoms with Crippen molar-refractivity contribution in [1.82, 2.24) is 20.0 Å². The average Bonchev–Trinajstić information content (AvgIpc) is 3.20. The maximum atomic E-state index is 13.5. The highest BCUT2D eigenvalue weighted by atomic mass is 79.9. The minimum atomic E-state index is -2.76. The van der Waals surface area contributed by atoms with Gasteiger partial charge in [0.2, 0.25) is 11.6 Å². The van der Waals surface area contributed by atoms with Gasteiger partial charge in [-0.05, 0) is 51.4 Å². The van der Waals surface area contributed by atoms with Crippen LogP contribution in [-0.2, 0) is 9.73 Å². The summed E-state index contributed by atoms with van der Waals surface area (Å²) in [7, 11) is -2.76. The number of anilines is 1. The average molecular weight is 461 g/mol. The van der Waals surface area contributed by atoms with Crippen LogP contribution in [0.15, 0.2) is 36.6 Å². The molecule has 2 unspecified atom stereocenters. The maximum Gasteiger partial charge on any atom is 0.446 e. The summed E-state index contributed by atoms with van der Waals surface area (Å²) in [5, 5.41) is 13.5.